The molecule has 0 radical (unpaired) electrons. The molecule has 0 heterocycles. The van der Waals surface area contributed by atoms with Crippen molar-refractivity contribution in [2.45, 2.75) is 81.5 Å². The molecule has 2 N–H and O–H groups in total. The molecule has 2 aliphatic carbocycles. The van der Waals surface area contributed by atoms with Crippen molar-refractivity contribution in [1.82, 2.24) is 10.6 Å². The fourth-order valence-corrected chi connectivity index (χ4v) is 4.40. The fourth-order valence-electron chi connectivity index (χ4n) is 3.48. The maximum Gasteiger partial charge on any atom is 0.237 e. The van der Waals surface area contributed by atoms with Gasteiger partial charge in [-0.3, -0.25) is 4.79 Å². The zero-order valence-corrected chi connectivity index (χ0v) is 13.9. The SMILES string of the molecule is CSC1(CNC(C)C(=O)NC2CCCC2)CCCCC1. The van der Waals surface area contributed by atoms with Crippen LogP contribution in [0.25, 0.3) is 0 Å². The average Bonchev–Trinajstić information content (AvgIpc) is 2.98. The van der Waals surface area contributed by atoms with Crippen LogP contribution in [0.5, 0.6) is 0 Å². The van der Waals surface area contributed by atoms with Crippen molar-refractivity contribution >= 4 is 17.7 Å². The molecule has 2 saturated carbocycles. The molecule has 0 saturated heterocycles. The van der Waals surface area contributed by atoms with E-state index >= 15 is 0 Å². The highest BCUT2D eigenvalue weighted by atomic mass is 32.2. The van der Waals surface area contributed by atoms with Crippen molar-refractivity contribution < 1.29 is 4.79 Å². The number of carbonyl (C=O) groups excluding carboxylic acids is 1. The quantitative estimate of drug-likeness (QED) is 0.792. The van der Waals surface area contributed by atoms with Crippen LogP contribution in [-0.4, -0.2) is 35.5 Å². The molecule has 1 amide bonds. The lowest BCUT2D eigenvalue weighted by Crippen LogP contribution is -2.50. The Morgan fingerprint density at radius 3 is 2.45 bits per heavy atom. The first-order chi connectivity index (χ1) is 9.65. The second kappa shape index (κ2) is 7.69. The summed E-state index contributed by atoms with van der Waals surface area (Å²) in [5.74, 6) is 0.184. The summed E-state index contributed by atoms with van der Waals surface area (Å²) in [5.41, 5.74) is 0. The number of carbonyl (C=O) groups is 1. The van der Waals surface area contributed by atoms with Crippen LogP contribution in [0.1, 0.15) is 64.7 Å². The van der Waals surface area contributed by atoms with Gasteiger partial charge in [0, 0.05) is 17.3 Å². The lowest BCUT2D eigenvalue weighted by atomic mass is 9.88. The highest BCUT2D eigenvalue weighted by molar-refractivity contribution is 8.00. The zero-order valence-electron chi connectivity index (χ0n) is 13.0. The van der Waals surface area contributed by atoms with E-state index in [-0.39, 0.29) is 11.9 Å². The van der Waals surface area contributed by atoms with E-state index in [1.54, 1.807) is 0 Å². The van der Waals surface area contributed by atoms with Gasteiger partial charge in [-0.25, -0.2) is 0 Å². The third-order valence-corrected chi connectivity index (χ3v) is 6.44. The molecule has 2 fully saturated rings. The van der Waals surface area contributed by atoms with Gasteiger partial charge in [-0.05, 0) is 38.9 Å². The van der Waals surface area contributed by atoms with Crippen LogP contribution in [0.3, 0.4) is 0 Å². The smallest absolute Gasteiger partial charge is 0.237 e. The van der Waals surface area contributed by atoms with Crippen molar-refractivity contribution in [2.24, 2.45) is 0 Å². The molecule has 2 aliphatic rings. The van der Waals surface area contributed by atoms with Crippen LogP contribution in [0.4, 0.5) is 0 Å². The maximum atomic E-state index is 12.2. The fraction of sp³-hybridized carbons (Fsp3) is 0.938. The van der Waals surface area contributed by atoms with Gasteiger partial charge in [0.1, 0.15) is 0 Å². The van der Waals surface area contributed by atoms with E-state index in [1.165, 1.54) is 44.9 Å². The first kappa shape index (κ1) is 16.2. The normalized spacial score (nSPS) is 24.5. The van der Waals surface area contributed by atoms with Gasteiger partial charge < -0.3 is 10.6 Å². The monoisotopic (exact) mass is 298 g/mol. The van der Waals surface area contributed by atoms with Gasteiger partial charge in [-0.15, -0.1) is 0 Å². The summed E-state index contributed by atoms with van der Waals surface area (Å²) >= 11 is 1.99. The van der Waals surface area contributed by atoms with Gasteiger partial charge in [0.05, 0.1) is 6.04 Å². The molecule has 0 aliphatic heterocycles. The molecule has 0 aromatic heterocycles. The second-order valence-corrected chi connectivity index (χ2v) is 7.81. The minimum atomic E-state index is -0.0680. The summed E-state index contributed by atoms with van der Waals surface area (Å²) in [6.45, 7) is 2.97. The average molecular weight is 298 g/mol. The lowest BCUT2D eigenvalue weighted by Gasteiger charge is -2.36. The Bertz CT molecular complexity index is 310. The Kier molecular flexibility index (Phi) is 6.21. The Morgan fingerprint density at radius 1 is 1.20 bits per heavy atom. The van der Waals surface area contributed by atoms with Gasteiger partial charge in [0.15, 0.2) is 0 Å². The second-order valence-electron chi connectivity index (χ2n) is 6.54. The molecule has 0 aromatic rings. The lowest BCUT2D eigenvalue weighted by molar-refractivity contribution is -0.123. The molecule has 1 atom stereocenters. The summed E-state index contributed by atoms with van der Waals surface area (Å²) in [7, 11) is 0. The van der Waals surface area contributed by atoms with E-state index in [4.69, 9.17) is 0 Å². The van der Waals surface area contributed by atoms with E-state index < -0.39 is 0 Å². The Hall–Kier alpha value is -0.220. The summed E-state index contributed by atoms with van der Waals surface area (Å²) < 4.78 is 0.361. The van der Waals surface area contributed by atoms with Crippen molar-refractivity contribution in [3.05, 3.63) is 0 Å². The van der Waals surface area contributed by atoms with Crippen molar-refractivity contribution in [1.29, 1.82) is 0 Å². The summed E-state index contributed by atoms with van der Waals surface area (Å²) in [5, 5.41) is 6.67. The van der Waals surface area contributed by atoms with Crippen LogP contribution in [0, 0.1) is 0 Å². The first-order valence-electron chi connectivity index (χ1n) is 8.24. The predicted octanol–water partition coefficient (Wildman–Crippen LogP) is 3.09. The number of hydrogen-bond acceptors (Lipinski definition) is 3. The number of amides is 1. The van der Waals surface area contributed by atoms with Crippen LogP contribution in [-0.2, 0) is 4.79 Å². The molecule has 4 heteroatoms. The van der Waals surface area contributed by atoms with Crippen molar-refractivity contribution in [2.75, 3.05) is 12.8 Å². The zero-order chi connectivity index (χ0) is 14.4. The van der Waals surface area contributed by atoms with E-state index in [9.17, 15) is 4.79 Å². The van der Waals surface area contributed by atoms with Gasteiger partial charge in [0.2, 0.25) is 5.91 Å². The van der Waals surface area contributed by atoms with Crippen LogP contribution in [0.15, 0.2) is 0 Å². The Balaban J connectivity index is 1.75. The third kappa shape index (κ3) is 4.39. The van der Waals surface area contributed by atoms with Gasteiger partial charge in [-0.1, -0.05) is 32.1 Å². The van der Waals surface area contributed by atoms with E-state index in [0.29, 0.717) is 10.8 Å². The van der Waals surface area contributed by atoms with Crippen LogP contribution >= 0.6 is 11.8 Å². The molecule has 3 nitrogen and oxygen atoms in total. The highest BCUT2D eigenvalue weighted by Gasteiger charge is 2.32. The molecule has 20 heavy (non-hydrogen) atoms. The summed E-state index contributed by atoms with van der Waals surface area (Å²) in [6, 6.07) is 0.359. The maximum absolute atomic E-state index is 12.2. The summed E-state index contributed by atoms with van der Waals surface area (Å²) in [6.07, 6.45) is 13.7. The minimum Gasteiger partial charge on any atom is -0.352 e. The topological polar surface area (TPSA) is 41.1 Å². The number of rotatable bonds is 6. The predicted molar refractivity (Wildman–Crippen MR) is 87.2 cm³/mol. The van der Waals surface area contributed by atoms with E-state index in [2.05, 4.69) is 16.9 Å². The molecule has 0 spiro atoms. The molecule has 0 aromatic carbocycles. The largest absolute Gasteiger partial charge is 0.352 e. The molecule has 0 bridgehead atoms. The van der Waals surface area contributed by atoms with Gasteiger partial charge >= 0.3 is 0 Å². The Labute approximate surface area is 128 Å². The van der Waals surface area contributed by atoms with E-state index in [0.717, 1.165) is 19.4 Å². The third-order valence-electron chi connectivity index (χ3n) is 5.02. The Morgan fingerprint density at radius 2 is 1.85 bits per heavy atom. The van der Waals surface area contributed by atoms with Crippen molar-refractivity contribution in [3.63, 3.8) is 0 Å². The summed E-state index contributed by atoms with van der Waals surface area (Å²) in [4.78, 5) is 12.2. The standard InChI is InChI=1S/C16H30N2OS/c1-13(15(19)18-14-8-4-5-9-14)17-12-16(20-2)10-6-3-7-11-16/h13-14,17H,3-12H2,1-2H3,(H,18,19). The highest BCUT2D eigenvalue weighted by Crippen LogP contribution is 2.38. The van der Waals surface area contributed by atoms with Gasteiger partial charge in [-0.2, -0.15) is 11.8 Å². The van der Waals surface area contributed by atoms with Crippen molar-refractivity contribution in [3.8, 4) is 0 Å². The van der Waals surface area contributed by atoms with Gasteiger partial charge in [0.25, 0.3) is 0 Å². The van der Waals surface area contributed by atoms with Crippen LogP contribution in [0.2, 0.25) is 0 Å². The van der Waals surface area contributed by atoms with Crippen LogP contribution < -0.4 is 10.6 Å². The molecule has 116 valence electrons. The molecular weight excluding hydrogens is 268 g/mol. The molecule has 1 unspecified atom stereocenters. The number of thioether (sulfide) groups is 1. The number of nitrogens with one attached hydrogen (secondary N) is 2. The minimum absolute atomic E-state index is 0.0680. The first-order valence-corrected chi connectivity index (χ1v) is 9.47. The number of hydrogen-bond donors (Lipinski definition) is 2. The molecule has 2 rings (SSSR count). The van der Waals surface area contributed by atoms with E-state index in [1.807, 2.05) is 18.7 Å². The molecular formula is C16H30N2OS.